The lowest BCUT2D eigenvalue weighted by Gasteiger charge is -1.85. The lowest BCUT2D eigenvalue weighted by molar-refractivity contribution is 1.20. The third kappa shape index (κ3) is 0.807. The molecule has 0 aliphatic heterocycles. The predicted octanol–water partition coefficient (Wildman–Crippen LogP) is 0.901. The lowest BCUT2D eigenvalue weighted by Crippen LogP contribution is -1.77. The summed E-state index contributed by atoms with van der Waals surface area (Å²) in [6, 6.07) is 0. The standard InChI is InChI=1S/C8H5N5/c1-5-7-6(2-10-3-11-7)13-8(5)12-4-9-1/h1-4H,(H,9,12,13). The molecule has 0 aliphatic rings. The number of nitrogens with zero attached hydrogens (tertiary/aromatic N) is 4. The maximum Gasteiger partial charge on any atom is 0.143 e. The molecule has 3 aromatic rings. The average Bonchev–Trinajstić information content (AvgIpc) is 2.56. The van der Waals surface area contributed by atoms with Gasteiger partial charge >= 0.3 is 0 Å². The van der Waals surface area contributed by atoms with Crippen LogP contribution in [0.5, 0.6) is 0 Å². The van der Waals surface area contributed by atoms with Crippen molar-refractivity contribution < 1.29 is 0 Å². The minimum absolute atomic E-state index is 0.797. The van der Waals surface area contributed by atoms with Crippen LogP contribution in [0, 0.1) is 0 Å². The molecular weight excluding hydrogens is 166 g/mol. The molecule has 5 heteroatoms. The molecule has 5 nitrogen and oxygen atoms in total. The molecule has 0 bridgehead atoms. The molecule has 0 radical (unpaired) electrons. The molecule has 0 atom stereocenters. The van der Waals surface area contributed by atoms with Gasteiger partial charge in [-0.15, -0.1) is 0 Å². The number of fused-ring (bicyclic) bond motifs is 3. The van der Waals surface area contributed by atoms with Gasteiger partial charge in [-0.2, -0.15) is 0 Å². The number of nitrogens with one attached hydrogen (secondary N) is 1. The van der Waals surface area contributed by atoms with Gasteiger partial charge in [0.05, 0.1) is 17.1 Å². The number of rotatable bonds is 0. The Hall–Kier alpha value is -2.04. The van der Waals surface area contributed by atoms with Gasteiger partial charge in [0.25, 0.3) is 0 Å². The van der Waals surface area contributed by atoms with Crippen molar-refractivity contribution in [2.75, 3.05) is 0 Å². The van der Waals surface area contributed by atoms with E-state index >= 15 is 0 Å². The largest absolute Gasteiger partial charge is 0.337 e. The van der Waals surface area contributed by atoms with Gasteiger partial charge in [-0.05, 0) is 0 Å². The number of aromatic nitrogens is 5. The Balaban J connectivity index is 2.64. The molecule has 13 heavy (non-hydrogen) atoms. The van der Waals surface area contributed by atoms with E-state index in [-0.39, 0.29) is 0 Å². The molecule has 0 saturated carbocycles. The third-order valence-corrected chi connectivity index (χ3v) is 1.93. The van der Waals surface area contributed by atoms with Crippen molar-refractivity contribution in [2.45, 2.75) is 0 Å². The maximum atomic E-state index is 4.15. The first kappa shape index (κ1) is 6.47. The van der Waals surface area contributed by atoms with Crippen molar-refractivity contribution in [3.05, 3.63) is 25.0 Å². The van der Waals surface area contributed by atoms with E-state index in [2.05, 4.69) is 24.9 Å². The lowest BCUT2D eigenvalue weighted by atomic mass is 10.3. The van der Waals surface area contributed by atoms with Crippen LogP contribution in [-0.2, 0) is 0 Å². The van der Waals surface area contributed by atoms with Crippen LogP contribution in [0.3, 0.4) is 0 Å². The van der Waals surface area contributed by atoms with Gasteiger partial charge in [-0.1, -0.05) is 0 Å². The monoisotopic (exact) mass is 171 g/mol. The highest BCUT2D eigenvalue weighted by molar-refractivity contribution is 6.02. The van der Waals surface area contributed by atoms with Crippen molar-refractivity contribution in [2.24, 2.45) is 0 Å². The molecular formula is C8H5N5. The van der Waals surface area contributed by atoms with Gasteiger partial charge in [-0.25, -0.2) is 19.9 Å². The summed E-state index contributed by atoms with van der Waals surface area (Å²) >= 11 is 0. The second-order valence-electron chi connectivity index (χ2n) is 2.70. The maximum absolute atomic E-state index is 4.15. The Labute approximate surface area is 72.9 Å². The molecule has 3 rings (SSSR count). The molecule has 3 aromatic heterocycles. The molecule has 0 aromatic carbocycles. The molecule has 1 N–H and O–H groups in total. The second-order valence-corrected chi connectivity index (χ2v) is 2.70. The molecule has 0 unspecified atom stereocenters. The normalized spacial score (nSPS) is 11.1. The fourth-order valence-electron chi connectivity index (χ4n) is 1.37. The summed E-state index contributed by atoms with van der Waals surface area (Å²) in [7, 11) is 0. The van der Waals surface area contributed by atoms with Gasteiger partial charge < -0.3 is 4.98 Å². The summed E-state index contributed by atoms with van der Waals surface area (Å²) in [5.41, 5.74) is 2.55. The van der Waals surface area contributed by atoms with E-state index in [9.17, 15) is 0 Å². The summed E-state index contributed by atoms with van der Waals surface area (Å²) in [4.78, 5) is 19.2. The highest BCUT2D eigenvalue weighted by Crippen LogP contribution is 2.18. The molecule has 0 aliphatic carbocycles. The topological polar surface area (TPSA) is 67.3 Å². The SMILES string of the molecule is c1ncc2c(n1)[nH]c1cncnc12. The molecule has 0 saturated heterocycles. The Kier molecular flexibility index (Phi) is 1.11. The smallest absolute Gasteiger partial charge is 0.143 e. The van der Waals surface area contributed by atoms with Gasteiger partial charge in [-0.3, -0.25) is 0 Å². The van der Waals surface area contributed by atoms with Crippen molar-refractivity contribution >= 4 is 22.1 Å². The van der Waals surface area contributed by atoms with Crippen molar-refractivity contribution in [3.8, 4) is 0 Å². The number of H-pyrrole nitrogens is 1. The van der Waals surface area contributed by atoms with Crippen molar-refractivity contribution in [3.63, 3.8) is 0 Å². The Bertz CT molecular complexity index is 520. The van der Waals surface area contributed by atoms with E-state index in [0.717, 1.165) is 22.1 Å². The van der Waals surface area contributed by atoms with Crippen molar-refractivity contribution in [1.29, 1.82) is 0 Å². The third-order valence-electron chi connectivity index (χ3n) is 1.93. The second kappa shape index (κ2) is 2.22. The minimum Gasteiger partial charge on any atom is -0.337 e. The van der Waals surface area contributed by atoms with Gasteiger partial charge in [0.15, 0.2) is 0 Å². The molecule has 62 valence electrons. The van der Waals surface area contributed by atoms with Gasteiger partial charge in [0.2, 0.25) is 0 Å². The molecule has 0 amide bonds. The fourth-order valence-corrected chi connectivity index (χ4v) is 1.37. The van der Waals surface area contributed by atoms with Gasteiger partial charge in [0, 0.05) is 6.20 Å². The molecule has 0 spiro atoms. The Morgan fingerprint density at radius 3 is 2.85 bits per heavy atom. The van der Waals surface area contributed by atoms with Crippen LogP contribution in [0.2, 0.25) is 0 Å². The van der Waals surface area contributed by atoms with Crippen LogP contribution in [0.15, 0.2) is 25.0 Å². The molecule has 0 fully saturated rings. The summed E-state index contributed by atoms with van der Waals surface area (Å²) in [6.45, 7) is 0. The van der Waals surface area contributed by atoms with E-state index in [0.29, 0.717) is 0 Å². The van der Waals surface area contributed by atoms with Crippen LogP contribution in [-0.4, -0.2) is 24.9 Å². The van der Waals surface area contributed by atoms with E-state index in [4.69, 9.17) is 0 Å². The summed E-state index contributed by atoms with van der Waals surface area (Å²) in [5, 5.41) is 0.930. The van der Waals surface area contributed by atoms with Crippen molar-refractivity contribution in [1.82, 2.24) is 24.9 Å². The number of hydrogen-bond donors (Lipinski definition) is 1. The van der Waals surface area contributed by atoms with Crippen LogP contribution in [0.25, 0.3) is 22.1 Å². The first-order valence-corrected chi connectivity index (χ1v) is 3.82. The average molecular weight is 171 g/mol. The summed E-state index contributed by atoms with van der Waals surface area (Å²) in [5.74, 6) is 0. The van der Waals surface area contributed by atoms with Crippen LogP contribution in [0.1, 0.15) is 0 Å². The Morgan fingerprint density at radius 1 is 1.00 bits per heavy atom. The first-order valence-electron chi connectivity index (χ1n) is 3.82. The highest BCUT2D eigenvalue weighted by atomic mass is 14.9. The van der Waals surface area contributed by atoms with E-state index < -0.39 is 0 Å². The van der Waals surface area contributed by atoms with E-state index in [1.165, 1.54) is 12.7 Å². The van der Waals surface area contributed by atoms with E-state index in [1.54, 1.807) is 12.4 Å². The number of hydrogen-bond acceptors (Lipinski definition) is 4. The van der Waals surface area contributed by atoms with E-state index in [1.807, 2.05) is 0 Å². The zero-order chi connectivity index (χ0) is 8.67. The zero-order valence-electron chi connectivity index (χ0n) is 6.60. The first-order chi connectivity index (χ1) is 6.45. The predicted molar refractivity (Wildman–Crippen MR) is 47.0 cm³/mol. The van der Waals surface area contributed by atoms with Gasteiger partial charge in [0.1, 0.15) is 23.8 Å². The summed E-state index contributed by atoms with van der Waals surface area (Å²) in [6.07, 6.45) is 6.49. The number of aromatic amines is 1. The zero-order valence-corrected chi connectivity index (χ0v) is 6.60. The molecule has 3 heterocycles. The fraction of sp³-hybridized carbons (Fsp3) is 0. The minimum atomic E-state index is 0.797. The van der Waals surface area contributed by atoms with Crippen LogP contribution < -0.4 is 0 Å². The summed E-state index contributed by atoms with van der Waals surface area (Å²) < 4.78 is 0. The Morgan fingerprint density at radius 2 is 1.85 bits per heavy atom. The highest BCUT2D eigenvalue weighted by Gasteiger charge is 2.04. The van der Waals surface area contributed by atoms with Crippen LogP contribution in [0.4, 0.5) is 0 Å². The van der Waals surface area contributed by atoms with Crippen LogP contribution >= 0.6 is 0 Å². The quantitative estimate of drug-likeness (QED) is 0.545.